The highest BCUT2D eigenvalue weighted by molar-refractivity contribution is 5.80. The molecule has 0 heterocycles. The number of hydrogen-bond donors (Lipinski definition) is 0. The van der Waals surface area contributed by atoms with E-state index in [1.165, 1.54) is 0 Å². The first kappa shape index (κ1) is 13.5. The van der Waals surface area contributed by atoms with Crippen LogP contribution < -0.4 is 4.74 Å². The number of hydrogen-bond acceptors (Lipinski definition) is 2. The molecule has 0 aliphatic heterocycles. The molecule has 0 N–H and O–H groups in total. The lowest BCUT2D eigenvalue weighted by molar-refractivity contribution is -0.118. The van der Waals surface area contributed by atoms with Crippen LogP contribution in [0, 0.1) is 6.92 Å². The van der Waals surface area contributed by atoms with E-state index in [1.807, 2.05) is 38.1 Å². The van der Waals surface area contributed by atoms with Gasteiger partial charge in [-0.15, -0.1) is 0 Å². The van der Waals surface area contributed by atoms with Crippen LogP contribution in [0.2, 0.25) is 0 Å². The lowest BCUT2D eigenvalue weighted by Gasteiger charge is -2.06. The van der Waals surface area contributed by atoms with E-state index in [1.54, 1.807) is 0 Å². The molecule has 0 saturated heterocycles. The number of ether oxygens (including phenoxy) is 1. The summed E-state index contributed by atoms with van der Waals surface area (Å²) < 4.78 is 5.52. The normalized spacial score (nSPS) is 10.0. The van der Waals surface area contributed by atoms with E-state index in [4.69, 9.17) is 4.74 Å². The number of carbonyl (C=O) groups is 1. The van der Waals surface area contributed by atoms with Crippen LogP contribution in [-0.4, -0.2) is 12.4 Å². The first-order chi connectivity index (χ1) is 8.11. The predicted molar refractivity (Wildman–Crippen MR) is 70.3 cm³/mol. The Morgan fingerprint density at radius 1 is 1.41 bits per heavy atom. The number of benzene rings is 1. The Hall–Kier alpha value is -1.57. The standard InChI is InChI=1S/C15H20O2/c1-4-12(2)10-14(16)8-9-17-15-7-5-6-13(3)11-15/h5-7,11H,2,4,8-10H2,1,3H3. The molecule has 92 valence electrons. The van der Waals surface area contributed by atoms with Crippen LogP contribution in [0.4, 0.5) is 0 Å². The van der Waals surface area contributed by atoms with Gasteiger partial charge in [0, 0.05) is 12.8 Å². The molecule has 0 fully saturated rings. The Morgan fingerprint density at radius 3 is 2.82 bits per heavy atom. The Labute approximate surface area is 103 Å². The van der Waals surface area contributed by atoms with Gasteiger partial charge in [0.25, 0.3) is 0 Å². The van der Waals surface area contributed by atoms with Gasteiger partial charge in [0.15, 0.2) is 0 Å². The molecule has 0 unspecified atom stereocenters. The Morgan fingerprint density at radius 2 is 2.18 bits per heavy atom. The second-order valence-corrected chi connectivity index (χ2v) is 4.23. The van der Waals surface area contributed by atoms with Crippen molar-refractivity contribution < 1.29 is 9.53 Å². The summed E-state index contributed by atoms with van der Waals surface area (Å²) in [5, 5.41) is 0. The minimum atomic E-state index is 0.199. The highest BCUT2D eigenvalue weighted by Gasteiger charge is 2.04. The summed E-state index contributed by atoms with van der Waals surface area (Å²) in [6, 6.07) is 7.84. The molecule has 2 nitrogen and oxygen atoms in total. The third kappa shape index (κ3) is 5.34. The molecule has 1 rings (SSSR count). The molecule has 17 heavy (non-hydrogen) atoms. The third-order valence-electron chi connectivity index (χ3n) is 2.59. The zero-order valence-corrected chi connectivity index (χ0v) is 10.7. The fraction of sp³-hybridized carbons (Fsp3) is 0.400. The van der Waals surface area contributed by atoms with Crippen molar-refractivity contribution in [1.29, 1.82) is 0 Å². The minimum absolute atomic E-state index is 0.199. The molecule has 0 bridgehead atoms. The highest BCUT2D eigenvalue weighted by atomic mass is 16.5. The molecule has 0 aliphatic rings. The van der Waals surface area contributed by atoms with E-state index in [9.17, 15) is 4.79 Å². The van der Waals surface area contributed by atoms with Gasteiger partial charge in [-0.05, 0) is 31.0 Å². The molecule has 0 saturated carbocycles. The van der Waals surface area contributed by atoms with Gasteiger partial charge in [-0.2, -0.15) is 0 Å². The molecular weight excluding hydrogens is 212 g/mol. The largest absolute Gasteiger partial charge is 0.493 e. The second kappa shape index (κ2) is 6.89. The third-order valence-corrected chi connectivity index (χ3v) is 2.59. The van der Waals surface area contributed by atoms with Crippen LogP contribution in [0.15, 0.2) is 36.4 Å². The number of aryl methyl sites for hydroxylation is 1. The van der Waals surface area contributed by atoms with Crippen molar-refractivity contribution in [2.45, 2.75) is 33.1 Å². The van der Waals surface area contributed by atoms with Crippen LogP contribution in [0.5, 0.6) is 5.75 Å². The minimum Gasteiger partial charge on any atom is -0.493 e. The lowest BCUT2D eigenvalue weighted by atomic mass is 10.1. The van der Waals surface area contributed by atoms with Gasteiger partial charge in [-0.3, -0.25) is 4.79 Å². The van der Waals surface area contributed by atoms with Crippen LogP contribution in [0.1, 0.15) is 31.7 Å². The fourth-order valence-corrected chi connectivity index (χ4v) is 1.48. The number of ketones is 1. The van der Waals surface area contributed by atoms with E-state index in [0.717, 1.165) is 23.3 Å². The predicted octanol–water partition coefficient (Wildman–Crippen LogP) is 3.69. The topological polar surface area (TPSA) is 26.3 Å². The van der Waals surface area contributed by atoms with Crippen molar-refractivity contribution in [3.05, 3.63) is 42.0 Å². The summed E-state index contributed by atoms with van der Waals surface area (Å²) in [5.41, 5.74) is 2.15. The second-order valence-electron chi connectivity index (χ2n) is 4.23. The highest BCUT2D eigenvalue weighted by Crippen LogP contribution is 2.13. The molecule has 0 atom stereocenters. The van der Waals surface area contributed by atoms with Crippen molar-refractivity contribution in [3.8, 4) is 5.75 Å². The van der Waals surface area contributed by atoms with Crippen molar-refractivity contribution in [2.75, 3.05) is 6.61 Å². The average molecular weight is 232 g/mol. The van der Waals surface area contributed by atoms with Gasteiger partial charge in [-0.25, -0.2) is 0 Å². The van der Waals surface area contributed by atoms with Crippen LogP contribution in [0.3, 0.4) is 0 Å². The Kier molecular flexibility index (Phi) is 5.47. The Balaban J connectivity index is 2.28. The summed E-state index contributed by atoms with van der Waals surface area (Å²) in [7, 11) is 0. The molecular formula is C15H20O2. The van der Waals surface area contributed by atoms with Crippen LogP contribution in [-0.2, 0) is 4.79 Å². The molecule has 0 spiro atoms. The van der Waals surface area contributed by atoms with Crippen molar-refractivity contribution in [2.24, 2.45) is 0 Å². The van der Waals surface area contributed by atoms with Crippen LogP contribution >= 0.6 is 0 Å². The first-order valence-corrected chi connectivity index (χ1v) is 5.99. The molecule has 0 amide bonds. The van der Waals surface area contributed by atoms with Gasteiger partial charge in [0.2, 0.25) is 0 Å². The molecule has 1 aromatic rings. The van der Waals surface area contributed by atoms with Crippen molar-refractivity contribution in [3.63, 3.8) is 0 Å². The van der Waals surface area contributed by atoms with Gasteiger partial charge in [0.05, 0.1) is 6.61 Å². The van der Waals surface area contributed by atoms with Gasteiger partial charge in [0.1, 0.15) is 11.5 Å². The smallest absolute Gasteiger partial charge is 0.140 e. The quantitative estimate of drug-likeness (QED) is 0.670. The SMILES string of the molecule is C=C(CC)CC(=O)CCOc1cccc(C)c1. The zero-order valence-electron chi connectivity index (χ0n) is 10.7. The van der Waals surface area contributed by atoms with E-state index < -0.39 is 0 Å². The fourth-order valence-electron chi connectivity index (χ4n) is 1.48. The number of rotatable bonds is 7. The summed E-state index contributed by atoms with van der Waals surface area (Å²) in [4.78, 5) is 11.5. The average Bonchev–Trinajstić information content (AvgIpc) is 2.29. The lowest BCUT2D eigenvalue weighted by Crippen LogP contribution is -2.06. The van der Waals surface area contributed by atoms with E-state index in [-0.39, 0.29) is 5.78 Å². The zero-order chi connectivity index (χ0) is 12.7. The summed E-state index contributed by atoms with van der Waals surface area (Å²) in [6.07, 6.45) is 1.80. The van der Waals surface area contributed by atoms with Crippen molar-refractivity contribution in [1.82, 2.24) is 0 Å². The summed E-state index contributed by atoms with van der Waals surface area (Å²) in [5.74, 6) is 1.02. The van der Waals surface area contributed by atoms with E-state index in [0.29, 0.717) is 19.4 Å². The van der Waals surface area contributed by atoms with Gasteiger partial charge < -0.3 is 4.74 Å². The number of allylic oxidation sites excluding steroid dienone is 1. The summed E-state index contributed by atoms with van der Waals surface area (Å²) >= 11 is 0. The molecule has 2 heteroatoms. The monoisotopic (exact) mass is 232 g/mol. The number of carbonyl (C=O) groups excluding carboxylic acids is 1. The van der Waals surface area contributed by atoms with E-state index >= 15 is 0 Å². The molecule has 0 radical (unpaired) electrons. The van der Waals surface area contributed by atoms with Crippen molar-refractivity contribution >= 4 is 5.78 Å². The maximum absolute atomic E-state index is 11.5. The molecule has 0 aromatic heterocycles. The first-order valence-electron chi connectivity index (χ1n) is 5.99. The van der Waals surface area contributed by atoms with Gasteiger partial charge in [-0.1, -0.05) is 31.2 Å². The Bertz CT molecular complexity index is 394. The summed E-state index contributed by atoms with van der Waals surface area (Å²) in [6.45, 7) is 8.30. The van der Waals surface area contributed by atoms with E-state index in [2.05, 4.69) is 6.58 Å². The van der Waals surface area contributed by atoms with Gasteiger partial charge >= 0.3 is 0 Å². The molecule has 0 aliphatic carbocycles. The van der Waals surface area contributed by atoms with Crippen LogP contribution in [0.25, 0.3) is 0 Å². The maximum atomic E-state index is 11.5. The maximum Gasteiger partial charge on any atom is 0.140 e. The number of Topliss-reactive ketones (excluding diaryl/α,β-unsaturated/α-hetero) is 1. The molecule has 1 aromatic carbocycles.